The van der Waals surface area contributed by atoms with Gasteiger partial charge in [0.05, 0.1) is 37.0 Å². The Morgan fingerprint density at radius 3 is 2.63 bits per heavy atom. The van der Waals surface area contributed by atoms with Crippen molar-refractivity contribution >= 4 is 34.2 Å². The number of fused-ring (bicyclic) bond motifs is 2. The highest BCUT2D eigenvalue weighted by Gasteiger charge is 2.25. The summed E-state index contributed by atoms with van der Waals surface area (Å²) in [4.78, 5) is 28.6. The highest BCUT2D eigenvalue weighted by molar-refractivity contribution is 5.97. The minimum absolute atomic E-state index is 0.103. The highest BCUT2D eigenvalue weighted by Crippen LogP contribution is 2.39. The number of carbonyl (C=O) groups is 1. The molecule has 12 nitrogen and oxygen atoms in total. The first-order valence-corrected chi connectivity index (χ1v) is 17.1. The Balaban J connectivity index is 1.10. The van der Waals surface area contributed by atoms with Crippen LogP contribution in [0.3, 0.4) is 0 Å². The van der Waals surface area contributed by atoms with E-state index in [0.717, 1.165) is 76.0 Å². The van der Waals surface area contributed by atoms with Crippen LogP contribution in [0.25, 0.3) is 55.2 Å². The summed E-state index contributed by atoms with van der Waals surface area (Å²) in [5.41, 5.74) is 8.20. The van der Waals surface area contributed by atoms with E-state index in [0.29, 0.717) is 61.1 Å². The second-order valence-corrected chi connectivity index (χ2v) is 13.3. The zero-order chi connectivity index (χ0) is 35.1. The van der Waals surface area contributed by atoms with Gasteiger partial charge in [0.25, 0.3) is 6.47 Å². The van der Waals surface area contributed by atoms with Gasteiger partial charge in [-0.25, -0.2) is 19.5 Å². The molecule has 1 N–H and O–H groups in total. The summed E-state index contributed by atoms with van der Waals surface area (Å²) in [6.07, 6.45) is 4.87. The Morgan fingerprint density at radius 2 is 1.82 bits per heavy atom. The molecule has 3 aromatic heterocycles. The average Bonchev–Trinajstić information content (AvgIpc) is 3.96. The number of pyridine rings is 1. The Labute approximate surface area is 294 Å². The number of carbonyl (C=O) groups excluding carboxylic acids is 1. The molecular formula is C39H37N7O5. The molecule has 0 aliphatic carbocycles. The van der Waals surface area contributed by atoms with Gasteiger partial charge in [-0.1, -0.05) is 24.3 Å². The lowest BCUT2D eigenvalue weighted by molar-refractivity contribution is -0.132. The van der Waals surface area contributed by atoms with Crippen molar-refractivity contribution in [3.8, 4) is 34.1 Å². The van der Waals surface area contributed by atoms with Gasteiger partial charge in [0.15, 0.2) is 11.4 Å². The summed E-state index contributed by atoms with van der Waals surface area (Å²) >= 11 is 0. The normalized spacial score (nSPS) is 18.1. The van der Waals surface area contributed by atoms with Crippen molar-refractivity contribution in [3.05, 3.63) is 95.1 Å². The quantitative estimate of drug-likeness (QED) is 0.134. The van der Waals surface area contributed by atoms with Gasteiger partial charge in [0.1, 0.15) is 11.9 Å². The van der Waals surface area contributed by atoms with Gasteiger partial charge < -0.3 is 19.0 Å². The van der Waals surface area contributed by atoms with Gasteiger partial charge in [-0.2, -0.15) is 5.10 Å². The molecule has 2 saturated heterocycles. The predicted molar refractivity (Wildman–Crippen MR) is 192 cm³/mol. The minimum atomic E-state index is -0.288. The molecule has 0 saturated carbocycles. The second-order valence-electron chi connectivity index (χ2n) is 13.3. The Kier molecular flexibility index (Phi) is 8.69. The Bertz CT molecular complexity index is 2310. The van der Waals surface area contributed by atoms with Crippen molar-refractivity contribution in [2.24, 2.45) is 0 Å². The monoisotopic (exact) mass is 683 g/mol. The molecule has 51 heavy (non-hydrogen) atoms. The summed E-state index contributed by atoms with van der Waals surface area (Å²) in [7, 11) is 1.66. The van der Waals surface area contributed by atoms with Crippen molar-refractivity contribution < 1.29 is 23.8 Å². The van der Waals surface area contributed by atoms with Crippen molar-refractivity contribution in [3.63, 3.8) is 0 Å². The van der Waals surface area contributed by atoms with E-state index in [1.54, 1.807) is 7.11 Å². The first-order chi connectivity index (χ1) is 24.9. The molecule has 0 spiro atoms. The number of methoxy groups -OCH3 is 1. The largest absolute Gasteiger partial charge is 0.496 e. The van der Waals surface area contributed by atoms with Crippen LogP contribution in [-0.4, -0.2) is 86.6 Å². The van der Waals surface area contributed by atoms with Crippen molar-refractivity contribution in [2.45, 2.75) is 45.1 Å². The molecule has 2 aliphatic heterocycles. The SMILES string of the molecule is [C-]#[N+]c1cc(CN2CC[C@@H](OC=O)C2)cc2nc(-c3cccc(-c4cccc5c4cnn5-c4cc(OC)c(CN5CC[C@@H](O)C5)cn4)c3C)oc12. The number of β-amino-alcohol motifs (C(OH)–C–C–N with tert-alkyl or cyclic N) is 1. The van der Waals surface area contributed by atoms with Crippen LogP contribution in [0.1, 0.15) is 29.5 Å². The number of benzene rings is 3. The molecule has 8 rings (SSSR count). The van der Waals surface area contributed by atoms with E-state index >= 15 is 0 Å². The molecular weight excluding hydrogens is 646 g/mol. The van der Waals surface area contributed by atoms with E-state index in [9.17, 15) is 9.90 Å². The smallest absolute Gasteiger partial charge is 0.293 e. The average molecular weight is 684 g/mol. The second kappa shape index (κ2) is 13.6. The summed E-state index contributed by atoms with van der Waals surface area (Å²) in [6, 6.07) is 17.9. The molecule has 3 aromatic carbocycles. The molecule has 0 radical (unpaired) electrons. The van der Waals surface area contributed by atoms with Crippen LogP contribution in [0.15, 0.2) is 71.4 Å². The maximum atomic E-state index is 10.8. The van der Waals surface area contributed by atoms with Crippen LogP contribution in [0.2, 0.25) is 0 Å². The van der Waals surface area contributed by atoms with Crippen LogP contribution >= 0.6 is 0 Å². The van der Waals surface area contributed by atoms with Crippen molar-refractivity contribution in [1.82, 2.24) is 29.5 Å². The molecule has 5 heterocycles. The zero-order valence-electron chi connectivity index (χ0n) is 28.5. The zero-order valence-corrected chi connectivity index (χ0v) is 28.5. The predicted octanol–water partition coefficient (Wildman–Crippen LogP) is 6.08. The van der Waals surface area contributed by atoms with E-state index < -0.39 is 0 Å². The van der Waals surface area contributed by atoms with Crippen LogP contribution in [0, 0.1) is 13.5 Å². The molecule has 0 bridgehead atoms. The number of hydrogen-bond donors (Lipinski definition) is 1. The van der Waals surface area contributed by atoms with Crippen LogP contribution < -0.4 is 4.74 Å². The standard InChI is InChI=1S/C39H37N7O5/c1-24-29(6-4-7-30(24)39-43-34-15-25(14-33(40-2)38(34)51-39)19-44-13-11-28(22-44)50-23-47)31-8-5-9-35-32(31)18-42-46(35)37-16-36(49-3)26(17-41-37)20-45-12-10-27(48)21-45/h4-9,14-18,23,27-28,48H,10-13,19-22H2,1,3H3/t27-,28-/m1/s1. The Hall–Kier alpha value is -5.61. The van der Waals surface area contributed by atoms with Gasteiger partial charge >= 0.3 is 0 Å². The highest BCUT2D eigenvalue weighted by atomic mass is 16.5. The number of aliphatic hydroxyl groups excluding tert-OH is 1. The molecule has 0 amide bonds. The van der Waals surface area contributed by atoms with Gasteiger partial charge in [0.2, 0.25) is 11.6 Å². The molecule has 12 heteroatoms. The topological polar surface area (TPSA) is 123 Å². The molecule has 2 atom stereocenters. The van der Waals surface area contributed by atoms with Crippen LogP contribution in [-0.2, 0) is 22.6 Å². The fourth-order valence-electron chi connectivity index (χ4n) is 7.45. The number of aliphatic hydroxyl groups is 1. The molecule has 2 aliphatic rings. The van der Waals surface area contributed by atoms with Gasteiger partial charge in [-0.3, -0.25) is 14.6 Å². The number of rotatable bonds is 10. The maximum Gasteiger partial charge on any atom is 0.293 e. The lowest BCUT2D eigenvalue weighted by Gasteiger charge is -2.17. The third-order valence-electron chi connectivity index (χ3n) is 10.0. The number of ether oxygens (including phenoxy) is 2. The van der Waals surface area contributed by atoms with Gasteiger partial charge in [-0.05, 0) is 66.3 Å². The minimum Gasteiger partial charge on any atom is -0.496 e. The molecule has 2 fully saturated rings. The number of likely N-dealkylation sites (tertiary alicyclic amines) is 2. The number of hydrogen-bond acceptors (Lipinski definition) is 10. The number of oxazole rings is 1. The first-order valence-electron chi connectivity index (χ1n) is 17.1. The third-order valence-corrected chi connectivity index (χ3v) is 10.0. The third kappa shape index (κ3) is 6.20. The van der Waals surface area contributed by atoms with Crippen LogP contribution in [0.4, 0.5) is 5.69 Å². The summed E-state index contributed by atoms with van der Waals surface area (Å²) in [5, 5.41) is 15.7. The van der Waals surface area contributed by atoms with Crippen molar-refractivity contribution in [1.29, 1.82) is 0 Å². The summed E-state index contributed by atoms with van der Waals surface area (Å²) < 4.78 is 19.0. The number of nitrogens with zero attached hydrogens (tertiary/aromatic N) is 7. The lowest BCUT2D eigenvalue weighted by atomic mass is 9.94. The summed E-state index contributed by atoms with van der Waals surface area (Å²) in [5.74, 6) is 1.83. The molecule has 258 valence electrons. The van der Waals surface area contributed by atoms with Crippen molar-refractivity contribution in [2.75, 3.05) is 33.3 Å². The Morgan fingerprint density at radius 1 is 1.02 bits per heavy atom. The van der Waals surface area contributed by atoms with E-state index in [-0.39, 0.29) is 12.2 Å². The molecule has 0 unspecified atom stereocenters. The lowest BCUT2D eigenvalue weighted by Crippen LogP contribution is -2.22. The van der Waals surface area contributed by atoms with Gasteiger partial charge in [0, 0.05) is 68.0 Å². The molecule has 6 aromatic rings. The maximum absolute atomic E-state index is 10.8. The van der Waals surface area contributed by atoms with Crippen LogP contribution in [0.5, 0.6) is 5.75 Å². The fourth-order valence-corrected chi connectivity index (χ4v) is 7.45. The fraction of sp³-hybridized carbons (Fsp3) is 0.308. The first kappa shape index (κ1) is 32.6. The van der Waals surface area contributed by atoms with Gasteiger partial charge in [-0.15, -0.1) is 0 Å². The summed E-state index contributed by atoms with van der Waals surface area (Å²) in [6.45, 7) is 14.7. The number of aromatic nitrogens is 4. The van der Waals surface area contributed by atoms with E-state index in [1.165, 1.54) is 0 Å². The van der Waals surface area contributed by atoms with E-state index in [2.05, 4.69) is 33.7 Å². The van der Waals surface area contributed by atoms with E-state index in [4.69, 9.17) is 35.5 Å². The van der Waals surface area contributed by atoms with E-state index in [1.807, 2.05) is 59.5 Å².